The molecular formula is C25H30N2O2. The summed E-state index contributed by atoms with van der Waals surface area (Å²) in [6, 6.07) is 19.3. The maximum Gasteiger partial charge on any atom is 0.0879 e. The standard InChI is InChI=1S/C25H30N2O2/c28-25(14-23-21-8-4-5-9-22(21)24-15-26-17-27(23)24)19-10-12-20(13-11-19)29-16-18-6-2-1-3-7-18/h1-9,15,19-20,23,25-26,28H,10-14,16-17H2/t19-,20-,23?,25?. The summed E-state index contributed by atoms with van der Waals surface area (Å²) in [6.45, 7) is 1.52. The summed E-state index contributed by atoms with van der Waals surface area (Å²) >= 11 is 0. The Bertz CT molecular complexity index is 858. The van der Waals surface area contributed by atoms with Crippen LogP contribution in [0.3, 0.4) is 0 Å². The lowest BCUT2D eigenvalue weighted by molar-refractivity contribution is -0.0180. The van der Waals surface area contributed by atoms with Crippen molar-refractivity contribution in [2.75, 3.05) is 6.67 Å². The quantitative estimate of drug-likeness (QED) is 0.766. The summed E-state index contributed by atoms with van der Waals surface area (Å²) < 4.78 is 6.13. The second-order valence-electron chi connectivity index (χ2n) is 8.60. The molecule has 0 spiro atoms. The van der Waals surface area contributed by atoms with Gasteiger partial charge in [-0.05, 0) is 49.1 Å². The topological polar surface area (TPSA) is 44.7 Å². The Morgan fingerprint density at radius 2 is 1.76 bits per heavy atom. The minimum atomic E-state index is -0.261. The van der Waals surface area contributed by atoms with Gasteiger partial charge in [-0.25, -0.2) is 0 Å². The molecule has 2 unspecified atom stereocenters. The fraction of sp³-hybridized carbons (Fsp3) is 0.440. The van der Waals surface area contributed by atoms with Gasteiger partial charge in [-0.3, -0.25) is 0 Å². The summed E-state index contributed by atoms with van der Waals surface area (Å²) in [7, 11) is 0. The van der Waals surface area contributed by atoms with Gasteiger partial charge in [-0.15, -0.1) is 0 Å². The summed E-state index contributed by atoms with van der Waals surface area (Å²) in [5, 5.41) is 14.4. The van der Waals surface area contributed by atoms with Crippen LogP contribution in [0.5, 0.6) is 0 Å². The van der Waals surface area contributed by atoms with Gasteiger partial charge in [0.2, 0.25) is 0 Å². The fourth-order valence-electron chi connectivity index (χ4n) is 5.21. The van der Waals surface area contributed by atoms with Crippen molar-refractivity contribution in [1.82, 2.24) is 10.2 Å². The fourth-order valence-corrected chi connectivity index (χ4v) is 5.21. The van der Waals surface area contributed by atoms with Gasteiger partial charge in [0.25, 0.3) is 0 Å². The number of nitrogens with one attached hydrogen (secondary N) is 1. The van der Waals surface area contributed by atoms with E-state index >= 15 is 0 Å². The van der Waals surface area contributed by atoms with Crippen LogP contribution in [0.2, 0.25) is 0 Å². The maximum absolute atomic E-state index is 11.1. The average molecular weight is 391 g/mol. The van der Waals surface area contributed by atoms with Gasteiger partial charge in [0.05, 0.1) is 37.2 Å². The van der Waals surface area contributed by atoms with Gasteiger partial charge in [-0.2, -0.15) is 0 Å². The molecule has 1 saturated carbocycles. The van der Waals surface area contributed by atoms with Crippen molar-refractivity contribution in [2.24, 2.45) is 5.92 Å². The number of hydrogen-bond acceptors (Lipinski definition) is 4. The second-order valence-corrected chi connectivity index (χ2v) is 8.60. The highest BCUT2D eigenvalue weighted by atomic mass is 16.5. The molecule has 0 amide bonds. The Balaban J connectivity index is 1.16. The Labute approximate surface area is 173 Å². The Kier molecular flexibility index (Phi) is 5.30. The number of aliphatic hydroxyl groups excluding tert-OH is 1. The van der Waals surface area contributed by atoms with Gasteiger partial charge in [0.1, 0.15) is 0 Å². The van der Waals surface area contributed by atoms with Crippen LogP contribution in [0.4, 0.5) is 0 Å². The zero-order chi connectivity index (χ0) is 19.6. The van der Waals surface area contributed by atoms with E-state index in [-0.39, 0.29) is 12.1 Å². The number of nitrogens with zero attached hydrogens (tertiary/aromatic N) is 1. The minimum Gasteiger partial charge on any atom is -0.393 e. The van der Waals surface area contributed by atoms with E-state index in [1.807, 2.05) is 6.07 Å². The van der Waals surface area contributed by atoms with Crippen LogP contribution >= 0.6 is 0 Å². The largest absolute Gasteiger partial charge is 0.393 e. The molecule has 4 heteroatoms. The first-order valence-corrected chi connectivity index (χ1v) is 10.9. The number of hydrogen-bond donors (Lipinski definition) is 2. The smallest absolute Gasteiger partial charge is 0.0879 e. The second kappa shape index (κ2) is 8.21. The van der Waals surface area contributed by atoms with E-state index in [1.165, 1.54) is 22.4 Å². The van der Waals surface area contributed by atoms with Gasteiger partial charge in [-0.1, -0.05) is 54.6 Å². The van der Waals surface area contributed by atoms with Crippen molar-refractivity contribution in [3.63, 3.8) is 0 Å². The minimum absolute atomic E-state index is 0.261. The first-order valence-electron chi connectivity index (χ1n) is 10.9. The Hall–Kier alpha value is -2.30. The first kappa shape index (κ1) is 18.7. The molecule has 0 radical (unpaired) electrons. The molecule has 5 rings (SSSR count). The van der Waals surface area contributed by atoms with E-state index in [1.54, 1.807) is 0 Å². The summed E-state index contributed by atoms with van der Waals surface area (Å²) in [4.78, 5) is 2.41. The van der Waals surface area contributed by atoms with Gasteiger partial charge in [0.15, 0.2) is 0 Å². The van der Waals surface area contributed by atoms with E-state index in [2.05, 4.69) is 64.9 Å². The van der Waals surface area contributed by atoms with Crippen molar-refractivity contribution in [1.29, 1.82) is 0 Å². The summed E-state index contributed by atoms with van der Waals surface area (Å²) in [5.41, 5.74) is 5.18. The lowest BCUT2D eigenvalue weighted by Crippen LogP contribution is -2.33. The van der Waals surface area contributed by atoms with Crippen LogP contribution in [0.1, 0.15) is 54.8 Å². The van der Waals surface area contributed by atoms with Crippen molar-refractivity contribution in [2.45, 2.75) is 57.0 Å². The molecule has 4 nitrogen and oxygen atoms in total. The number of ether oxygens (including phenoxy) is 1. The molecule has 2 aliphatic heterocycles. The maximum atomic E-state index is 11.1. The molecule has 2 heterocycles. The zero-order valence-corrected chi connectivity index (χ0v) is 16.8. The molecule has 1 aliphatic carbocycles. The lowest BCUT2D eigenvalue weighted by Gasteiger charge is -2.34. The van der Waals surface area contributed by atoms with E-state index in [9.17, 15) is 5.11 Å². The molecule has 2 atom stereocenters. The molecule has 152 valence electrons. The third kappa shape index (κ3) is 3.79. The number of benzene rings is 2. The molecule has 0 saturated heterocycles. The van der Waals surface area contributed by atoms with Gasteiger partial charge in [0, 0.05) is 11.8 Å². The van der Waals surface area contributed by atoms with E-state index in [0.29, 0.717) is 18.6 Å². The Morgan fingerprint density at radius 3 is 2.59 bits per heavy atom. The van der Waals surface area contributed by atoms with Crippen LogP contribution in [-0.2, 0) is 11.3 Å². The molecule has 1 fully saturated rings. The van der Waals surface area contributed by atoms with Crippen LogP contribution in [0.25, 0.3) is 5.70 Å². The average Bonchev–Trinajstić information content (AvgIpc) is 3.36. The summed E-state index contributed by atoms with van der Waals surface area (Å²) in [5.74, 6) is 0.377. The van der Waals surface area contributed by atoms with Crippen LogP contribution in [0.15, 0.2) is 60.8 Å². The Morgan fingerprint density at radius 1 is 1.00 bits per heavy atom. The molecule has 2 aromatic rings. The third-order valence-electron chi connectivity index (χ3n) is 6.84. The van der Waals surface area contributed by atoms with E-state index in [0.717, 1.165) is 38.8 Å². The number of rotatable bonds is 6. The van der Waals surface area contributed by atoms with Crippen molar-refractivity contribution < 1.29 is 9.84 Å². The monoisotopic (exact) mass is 390 g/mol. The predicted molar refractivity (Wildman–Crippen MR) is 115 cm³/mol. The highest BCUT2D eigenvalue weighted by molar-refractivity contribution is 5.73. The van der Waals surface area contributed by atoms with Crippen molar-refractivity contribution >= 4 is 5.70 Å². The highest BCUT2D eigenvalue weighted by Gasteiger charge is 2.38. The lowest BCUT2D eigenvalue weighted by atomic mass is 9.81. The normalized spacial score (nSPS) is 26.4. The molecule has 0 bridgehead atoms. The van der Waals surface area contributed by atoms with Gasteiger partial charge >= 0.3 is 0 Å². The number of fused-ring (bicyclic) bond motifs is 3. The van der Waals surface area contributed by atoms with Crippen molar-refractivity contribution in [3.05, 3.63) is 77.5 Å². The molecule has 2 aromatic carbocycles. The molecule has 2 N–H and O–H groups in total. The summed E-state index contributed by atoms with van der Waals surface area (Å²) in [6.07, 6.45) is 7.17. The molecule has 0 aromatic heterocycles. The van der Waals surface area contributed by atoms with Crippen LogP contribution in [-0.4, -0.2) is 28.9 Å². The zero-order valence-electron chi connectivity index (χ0n) is 16.8. The predicted octanol–water partition coefficient (Wildman–Crippen LogP) is 4.43. The SMILES string of the molecule is OC(CC1c2ccccc2C2=CNCN21)[C@H]1CC[C@H](OCc2ccccc2)CC1. The van der Waals surface area contributed by atoms with E-state index in [4.69, 9.17) is 4.74 Å². The third-order valence-corrected chi connectivity index (χ3v) is 6.84. The molecule has 3 aliphatic rings. The van der Waals surface area contributed by atoms with Crippen LogP contribution in [0, 0.1) is 5.92 Å². The highest BCUT2D eigenvalue weighted by Crippen LogP contribution is 2.45. The van der Waals surface area contributed by atoms with Crippen molar-refractivity contribution in [3.8, 4) is 0 Å². The van der Waals surface area contributed by atoms with Gasteiger partial charge < -0.3 is 20.1 Å². The van der Waals surface area contributed by atoms with Crippen LogP contribution < -0.4 is 5.32 Å². The molecular weight excluding hydrogens is 360 g/mol. The van der Waals surface area contributed by atoms with E-state index < -0.39 is 0 Å². The number of aliphatic hydroxyl groups is 1. The molecule has 29 heavy (non-hydrogen) atoms. The first-order chi connectivity index (χ1) is 14.3.